The fourth-order valence-corrected chi connectivity index (χ4v) is 3.37. The molecule has 0 atom stereocenters. The van der Waals surface area contributed by atoms with Crippen LogP contribution in [0.3, 0.4) is 0 Å². The topological polar surface area (TPSA) is 12.0 Å². The van der Waals surface area contributed by atoms with Crippen molar-refractivity contribution in [2.24, 2.45) is 0 Å². The lowest BCUT2D eigenvalue weighted by Crippen LogP contribution is -2.43. The van der Waals surface area contributed by atoms with Crippen LogP contribution in [0.15, 0.2) is 18.2 Å². The van der Waals surface area contributed by atoms with Crippen LogP contribution in [0.5, 0.6) is 0 Å². The number of fused-ring (bicyclic) bond motifs is 2. The van der Waals surface area contributed by atoms with Crippen LogP contribution in [-0.2, 0) is 11.8 Å². The summed E-state index contributed by atoms with van der Waals surface area (Å²) < 4.78 is 0. The van der Waals surface area contributed by atoms with E-state index in [2.05, 4.69) is 30.4 Å². The Hall–Kier alpha value is -0.820. The van der Waals surface area contributed by atoms with Crippen molar-refractivity contribution in [1.82, 2.24) is 5.32 Å². The first-order valence-electron chi connectivity index (χ1n) is 6.12. The summed E-state index contributed by atoms with van der Waals surface area (Å²) in [5.74, 6) is 0. The second-order valence-electron chi connectivity index (χ2n) is 5.17. The van der Waals surface area contributed by atoms with Crippen LogP contribution in [0.4, 0.5) is 0 Å². The number of hydrogen-bond donors (Lipinski definition) is 1. The van der Waals surface area contributed by atoms with Crippen LogP contribution >= 0.6 is 0 Å². The molecule has 1 aliphatic heterocycles. The van der Waals surface area contributed by atoms with Crippen molar-refractivity contribution < 1.29 is 0 Å². The molecule has 1 saturated carbocycles. The third kappa shape index (κ3) is 1.33. The van der Waals surface area contributed by atoms with Gasteiger partial charge in [-0.1, -0.05) is 24.6 Å². The molecule has 1 aromatic rings. The molecule has 80 valence electrons. The van der Waals surface area contributed by atoms with Crippen molar-refractivity contribution >= 4 is 0 Å². The Morgan fingerprint density at radius 1 is 1.27 bits per heavy atom. The quantitative estimate of drug-likeness (QED) is 0.680. The monoisotopic (exact) mass is 201 g/mol. The minimum absolute atomic E-state index is 0.497. The molecule has 0 aromatic heterocycles. The van der Waals surface area contributed by atoms with Crippen LogP contribution in [-0.4, -0.2) is 13.1 Å². The van der Waals surface area contributed by atoms with Gasteiger partial charge in [0, 0.05) is 12.0 Å². The van der Waals surface area contributed by atoms with Gasteiger partial charge in [0.15, 0.2) is 0 Å². The highest BCUT2D eigenvalue weighted by Crippen LogP contribution is 2.46. The summed E-state index contributed by atoms with van der Waals surface area (Å²) in [6.07, 6.45) is 5.39. The molecule has 0 saturated heterocycles. The highest BCUT2D eigenvalue weighted by atomic mass is 14.9. The lowest BCUT2D eigenvalue weighted by Gasteiger charge is -2.43. The van der Waals surface area contributed by atoms with Gasteiger partial charge in [0.05, 0.1) is 0 Å². The predicted molar refractivity (Wildman–Crippen MR) is 63.3 cm³/mol. The molecule has 0 amide bonds. The average molecular weight is 201 g/mol. The predicted octanol–water partition coefficient (Wildman–Crippen LogP) is 2.56. The molecule has 1 aliphatic carbocycles. The molecule has 0 bridgehead atoms. The zero-order valence-corrected chi connectivity index (χ0v) is 9.47. The van der Waals surface area contributed by atoms with Gasteiger partial charge in [-0.3, -0.25) is 0 Å². The summed E-state index contributed by atoms with van der Waals surface area (Å²) in [4.78, 5) is 0. The Bertz CT molecular complexity index is 377. The van der Waals surface area contributed by atoms with Crippen LogP contribution in [0.25, 0.3) is 0 Å². The van der Waals surface area contributed by atoms with Crippen molar-refractivity contribution in [3.63, 3.8) is 0 Å². The lowest BCUT2D eigenvalue weighted by molar-refractivity contribution is 0.238. The Balaban J connectivity index is 2.15. The molecule has 0 unspecified atom stereocenters. The average Bonchev–Trinajstić information content (AvgIpc) is 2.37. The van der Waals surface area contributed by atoms with E-state index in [-0.39, 0.29) is 0 Å². The Kier molecular flexibility index (Phi) is 2.10. The van der Waals surface area contributed by atoms with Crippen molar-refractivity contribution in [2.75, 3.05) is 13.1 Å². The van der Waals surface area contributed by atoms with Gasteiger partial charge in [-0.15, -0.1) is 0 Å². The van der Waals surface area contributed by atoms with Gasteiger partial charge in [0.25, 0.3) is 0 Å². The molecule has 1 spiro atoms. The van der Waals surface area contributed by atoms with Gasteiger partial charge >= 0.3 is 0 Å². The zero-order valence-electron chi connectivity index (χ0n) is 9.47. The summed E-state index contributed by atoms with van der Waals surface area (Å²) in [7, 11) is 0. The summed E-state index contributed by atoms with van der Waals surface area (Å²) >= 11 is 0. The van der Waals surface area contributed by atoms with Crippen molar-refractivity contribution in [2.45, 2.75) is 38.0 Å². The first kappa shape index (κ1) is 9.41. The number of rotatable bonds is 0. The Morgan fingerprint density at radius 2 is 2.13 bits per heavy atom. The van der Waals surface area contributed by atoms with E-state index in [9.17, 15) is 0 Å². The zero-order chi connectivity index (χ0) is 10.3. The van der Waals surface area contributed by atoms with Gasteiger partial charge in [-0.25, -0.2) is 0 Å². The SMILES string of the molecule is Cc1cccc2c1C1(CCC1)CNCC2. The van der Waals surface area contributed by atoms with E-state index >= 15 is 0 Å². The Labute approximate surface area is 91.9 Å². The van der Waals surface area contributed by atoms with E-state index in [1.807, 2.05) is 0 Å². The number of hydrogen-bond acceptors (Lipinski definition) is 1. The molecule has 1 heteroatoms. The van der Waals surface area contributed by atoms with Crippen molar-refractivity contribution in [3.8, 4) is 0 Å². The van der Waals surface area contributed by atoms with Crippen LogP contribution < -0.4 is 5.32 Å². The van der Waals surface area contributed by atoms with Crippen molar-refractivity contribution in [1.29, 1.82) is 0 Å². The fraction of sp³-hybridized carbons (Fsp3) is 0.571. The summed E-state index contributed by atoms with van der Waals surface area (Å²) in [6.45, 7) is 4.63. The van der Waals surface area contributed by atoms with E-state index in [0.717, 1.165) is 6.54 Å². The van der Waals surface area contributed by atoms with E-state index in [4.69, 9.17) is 0 Å². The molecule has 15 heavy (non-hydrogen) atoms. The minimum Gasteiger partial charge on any atom is -0.316 e. The largest absolute Gasteiger partial charge is 0.316 e. The molecule has 1 N–H and O–H groups in total. The molecule has 1 nitrogen and oxygen atoms in total. The van der Waals surface area contributed by atoms with Gasteiger partial charge in [-0.2, -0.15) is 0 Å². The first-order chi connectivity index (χ1) is 7.32. The van der Waals surface area contributed by atoms with Crippen molar-refractivity contribution in [3.05, 3.63) is 34.9 Å². The second-order valence-corrected chi connectivity index (χ2v) is 5.17. The Morgan fingerprint density at radius 3 is 2.87 bits per heavy atom. The fourth-order valence-electron chi connectivity index (χ4n) is 3.37. The maximum absolute atomic E-state index is 3.61. The maximum Gasteiger partial charge on any atom is 0.00831 e. The van der Waals surface area contributed by atoms with Gasteiger partial charge in [0.2, 0.25) is 0 Å². The summed E-state index contributed by atoms with van der Waals surface area (Å²) in [5, 5.41) is 3.61. The third-order valence-electron chi connectivity index (χ3n) is 4.23. The highest BCUT2D eigenvalue weighted by molar-refractivity contribution is 5.43. The molecular weight excluding hydrogens is 182 g/mol. The smallest absolute Gasteiger partial charge is 0.00831 e. The van der Waals surface area contributed by atoms with Gasteiger partial charge in [-0.05, 0) is 49.4 Å². The van der Waals surface area contributed by atoms with Gasteiger partial charge < -0.3 is 5.32 Å². The van der Waals surface area contributed by atoms with E-state index in [0.29, 0.717) is 5.41 Å². The van der Waals surface area contributed by atoms with Crippen LogP contribution in [0, 0.1) is 6.92 Å². The molecule has 1 fully saturated rings. The highest BCUT2D eigenvalue weighted by Gasteiger charge is 2.41. The number of aryl methyl sites for hydroxylation is 1. The van der Waals surface area contributed by atoms with E-state index in [1.54, 1.807) is 11.1 Å². The third-order valence-corrected chi connectivity index (χ3v) is 4.23. The normalized spacial score (nSPS) is 23.0. The standard InChI is InChI=1S/C14H19N/c1-11-4-2-5-12-6-9-15-10-14(13(11)12)7-3-8-14/h2,4-5,15H,3,6-10H2,1H3. The van der Waals surface area contributed by atoms with E-state index < -0.39 is 0 Å². The lowest BCUT2D eigenvalue weighted by atomic mass is 9.62. The summed E-state index contributed by atoms with van der Waals surface area (Å²) in [6, 6.07) is 6.82. The second kappa shape index (κ2) is 3.34. The first-order valence-corrected chi connectivity index (χ1v) is 6.12. The molecule has 2 aliphatic rings. The summed E-state index contributed by atoms with van der Waals surface area (Å²) in [5.41, 5.74) is 5.29. The van der Waals surface area contributed by atoms with E-state index in [1.165, 1.54) is 37.8 Å². The number of benzene rings is 1. The molecule has 3 rings (SSSR count). The van der Waals surface area contributed by atoms with Crippen LogP contribution in [0.2, 0.25) is 0 Å². The van der Waals surface area contributed by atoms with Gasteiger partial charge in [0.1, 0.15) is 0 Å². The maximum atomic E-state index is 3.61. The number of nitrogens with one attached hydrogen (secondary N) is 1. The molecule has 1 aromatic carbocycles. The molecular formula is C14H19N. The molecule has 0 radical (unpaired) electrons. The minimum atomic E-state index is 0.497. The molecule has 1 heterocycles. The van der Waals surface area contributed by atoms with Crippen LogP contribution in [0.1, 0.15) is 36.0 Å².